The van der Waals surface area contributed by atoms with Gasteiger partial charge in [-0.25, -0.2) is 0 Å². The summed E-state index contributed by atoms with van der Waals surface area (Å²) in [6.45, 7) is 5.94. The molecule has 0 aromatic heterocycles. The van der Waals surface area contributed by atoms with Crippen molar-refractivity contribution >= 4 is 35.2 Å². The fraction of sp³-hybridized carbons (Fsp3) is 0.536. The Hall–Kier alpha value is -2.78. The van der Waals surface area contributed by atoms with Crippen molar-refractivity contribution in [2.75, 3.05) is 44.3 Å². The number of aliphatic hydroxyl groups excluding tert-OH is 1. The van der Waals surface area contributed by atoms with Crippen LogP contribution in [0.15, 0.2) is 48.6 Å². The largest absolute Gasteiger partial charge is 0.494 e. The lowest BCUT2D eigenvalue weighted by Crippen LogP contribution is -2.53. The molecule has 1 spiro atoms. The van der Waals surface area contributed by atoms with Gasteiger partial charge in [-0.15, -0.1) is 11.8 Å². The molecule has 5 atom stereocenters. The number of ether oxygens (including phenoxy) is 1. The van der Waals surface area contributed by atoms with Crippen LogP contribution in [0.25, 0.3) is 0 Å². The number of carbonyl (C=O) groups excluding carboxylic acids is 3. The number of rotatable bonds is 8. The second kappa shape index (κ2) is 10.5. The van der Waals surface area contributed by atoms with Crippen LogP contribution in [0.2, 0.25) is 0 Å². The van der Waals surface area contributed by atoms with E-state index in [0.29, 0.717) is 26.2 Å². The first-order valence-corrected chi connectivity index (χ1v) is 14.1. The normalized spacial score (nSPS) is 30.8. The van der Waals surface area contributed by atoms with Gasteiger partial charge in [0, 0.05) is 37.1 Å². The second-order valence-corrected chi connectivity index (χ2v) is 11.4. The van der Waals surface area contributed by atoms with E-state index in [4.69, 9.17) is 4.74 Å². The molecule has 4 heterocycles. The number of hydrogen-bond donors (Lipinski definition) is 1. The molecule has 2 saturated heterocycles. The molecule has 3 amide bonds. The van der Waals surface area contributed by atoms with Crippen LogP contribution in [-0.2, 0) is 14.4 Å². The number of likely N-dealkylation sites (tertiary alicyclic amines) is 1. The van der Waals surface area contributed by atoms with E-state index >= 15 is 0 Å². The smallest absolute Gasteiger partial charge is 0.247 e. The maximum Gasteiger partial charge on any atom is 0.247 e. The summed E-state index contributed by atoms with van der Waals surface area (Å²) < 4.78 is 4.71. The molecule has 9 heteroatoms. The molecule has 0 aliphatic carbocycles. The Labute approximate surface area is 222 Å². The van der Waals surface area contributed by atoms with Crippen LogP contribution in [0.3, 0.4) is 0 Å². The molecule has 5 rings (SSSR count). The third-order valence-corrected chi connectivity index (χ3v) is 9.57. The number of aliphatic hydroxyl groups is 1. The highest BCUT2D eigenvalue weighted by Gasteiger charge is 2.70. The van der Waals surface area contributed by atoms with Gasteiger partial charge in [0.2, 0.25) is 17.7 Å². The molecular formula is C28H35N3O5S. The van der Waals surface area contributed by atoms with Gasteiger partial charge in [-0.2, -0.15) is 0 Å². The quantitative estimate of drug-likeness (QED) is 0.525. The molecule has 4 aliphatic rings. The molecular weight excluding hydrogens is 490 g/mol. The Morgan fingerprint density at radius 3 is 2.51 bits per heavy atom. The Bertz CT molecular complexity index is 1110. The molecule has 2 fully saturated rings. The van der Waals surface area contributed by atoms with Crippen LogP contribution in [-0.4, -0.2) is 88.1 Å². The molecule has 4 aliphatic heterocycles. The number of benzene rings is 1. The summed E-state index contributed by atoms with van der Waals surface area (Å²) in [7, 11) is 0. The summed E-state index contributed by atoms with van der Waals surface area (Å²) in [6.07, 6.45) is 9.88. The number of carbonyl (C=O) groups is 3. The number of anilines is 1. The number of hydrogen-bond acceptors (Lipinski definition) is 6. The lowest BCUT2D eigenvalue weighted by molar-refractivity contribution is -0.143. The zero-order valence-corrected chi connectivity index (χ0v) is 22.2. The summed E-state index contributed by atoms with van der Waals surface area (Å²) >= 11 is 1.56. The Kier molecular flexibility index (Phi) is 7.36. The third kappa shape index (κ3) is 4.26. The predicted octanol–water partition coefficient (Wildman–Crippen LogP) is 2.48. The molecule has 37 heavy (non-hydrogen) atoms. The SMILES string of the molecule is CCCCN1CC=C[C@]23S[C@@H]4C=CCN(c5ccc(OCC)cc5)C(=O)[C@@H]4[C@H]2C(=O)N(CCO)C3C1=O. The number of unbranched alkanes of at least 4 members (excludes halogenated alkanes) is 1. The minimum atomic E-state index is -0.846. The first kappa shape index (κ1) is 25.9. The van der Waals surface area contributed by atoms with E-state index < -0.39 is 22.6 Å². The first-order valence-electron chi connectivity index (χ1n) is 13.2. The van der Waals surface area contributed by atoms with Crippen molar-refractivity contribution in [3.05, 3.63) is 48.6 Å². The number of nitrogens with zero attached hydrogens (tertiary/aromatic N) is 3. The van der Waals surface area contributed by atoms with Crippen LogP contribution in [0, 0.1) is 11.8 Å². The van der Waals surface area contributed by atoms with Crippen molar-refractivity contribution in [3.63, 3.8) is 0 Å². The zero-order chi connectivity index (χ0) is 26.2. The highest BCUT2D eigenvalue weighted by molar-refractivity contribution is 8.02. The summed E-state index contributed by atoms with van der Waals surface area (Å²) in [5.74, 6) is -0.962. The van der Waals surface area contributed by atoms with Gasteiger partial charge in [-0.3, -0.25) is 14.4 Å². The second-order valence-electron chi connectivity index (χ2n) is 9.94. The van der Waals surface area contributed by atoms with Crippen molar-refractivity contribution in [1.29, 1.82) is 0 Å². The van der Waals surface area contributed by atoms with Gasteiger partial charge in [-0.1, -0.05) is 37.6 Å². The highest BCUT2D eigenvalue weighted by atomic mass is 32.2. The molecule has 8 nitrogen and oxygen atoms in total. The molecule has 1 N–H and O–H groups in total. The van der Waals surface area contributed by atoms with E-state index in [1.165, 1.54) is 4.90 Å². The fourth-order valence-corrected chi connectivity index (χ4v) is 8.21. The third-order valence-electron chi connectivity index (χ3n) is 7.82. The van der Waals surface area contributed by atoms with E-state index in [1.54, 1.807) is 16.7 Å². The van der Waals surface area contributed by atoms with Gasteiger partial charge < -0.3 is 24.5 Å². The van der Waals surface area contributed by atoms with E-state index in [2.05, 4.69) is 6.92 Å². The van der Waals surface area contributed by atoms with Crippen LogP contribution in [0.5, 0.6) is 5.75 Å². The summed E-state index contributed by atoms with van der Waals surface area (Å²) in [5, 5.41) is 9.58. The first-order chi connectivity index (χ1) is 18.0. The monoisotopic (exact) mass is 525 g/mol. The lowest BCUT2D eigenvalue weighted by Gasteiger charge is -2.35. The number of amides is 3. The molecule has 198 valence electrons. The maximum absolute atomic E-state index is 14.1. The average molecular weight is 526 g/mol. The number of thioether (sulfide) groups is 1. The van der Waals surface area contributed by atoms with Gasteiger partial charge >= 0.3 is 0 Å². The van der Waals surface area contributed by atoms with Crippen molar-refractivity contribution in [1.82, 2.24) is 9.80 Å². The Morgan fingerprint density at radius 1 is 1.03 bits per heavy atom. The lowest BCUT2D eigenvalue weighted by atomic mass is 9.78. The summed E-state index contributed by atoms with van der Waals surface area (Å²) in [5.41, 5.74) is 0.747. The summed E-state index contributed by atoms with van der Waals surface area (Å²) in [6, 6.07) is 6.70. The van der Waals surface area contributed by atoms with Gasteiger partial charge in [0.05, 0.1) is 29.8 Å². The van der Waals surface area contributed by atoms with E-state index in [1.807, 2.05) is 60.4 Å². The summed E-state index contributed by atoms with van der Waals surface area (Å²) in [4.78, 5) is 47.1. The van der Waals surface area contributed by atoms with E-state index in [9.17, 15) is 19.5 Å². The van der Waals surface area contributed by atoms with Gasteiger partial charge in [0.15, 0.2) is 0 Å². The van der Waals surface area contributed by atoms with Crippen molar-refractivity contribution < 1.29 is 24.2 Å². The van der Waals surface area contributed by atoms with E-state index in [0.717, 1.165) is 24.3 Å². The van der Waals surface area contributed by atoms with Crippen LogP contribution < -0.4 is 9.64 Å². The molecule has 0 bridgehead atoms. The zero-order valence-electron chi connectivity index (χ0n) is 21.4. The van der Waals surface area contributed by atoms with Crippen molar-refractivity contribution in [2.24, 2.45) is 11.8 Å². The Balaban J connectivity index is 1.52. The van der Waals surface area contributed by atoms with Crippen LogP contribution in [0.1, 0.15) is 26.7 Å². The molecule has 1 unspecified atom stereocenters. The topological polar surface area (TPSA) is 90.4 Å². The minimum Gasteiger partial charge on any atom is -0.494 e. The standard InChI is InChI=1S/C28H35N3O5S/c1-3-5-14-29-15-7-13-28-23(26(34)31(17-18-32)24(28)27(29)35)22-21(37-28)8-6-16-30(25(22)33)19-9-11-20(12-10-19)36-4-2/h6-13,21-24,32H,3-5,14-18H2,1-2H3/t21-,22+,23+,24?,28+/m1/s1. The highest BCUT2D eigenvalue weighted by Crippen LogP contribution is 2.61. The van der Waals surface area contributed by atoms with Crippen LogP contribution >= 0.6 is 11.8 Å². The van der Waals surface area contributed by atoms with Crippen LogP contribution in [0.4, 0.5) is 5.69 Å². The van der Waals surface area contributed by atoms with E-state index in [-0.39, 0.29) is 36.1 Å². The minimum absolute atomic E-state index is 0.0769. The average Bonchev–Trinajstić information content (AvgIpc) is 3.20. The Morgan fingerprint density at radius 2 is 1.81 bits per heavy atom. The van der Waals surface area contributed by atoms with Gasteiger partial charge in [0.25, 0.3) is 0 Å². The van der Waals surface area contributed by atoms with Crippen molar-refractivity contribution in [3.8, 4) is 5.75 Å². The maximum atomic E-state index is 14.1. The molecule has 1 aromatic rings. The van der Waals surface area contributed by atoms with Gasteiger partial charge in [0.1, 0.15) is 11.8 Å². The number of fused-ring (bicyclic) bond motifs is 2. The molecule has 0 saturated carbocycles. The molecule has 0 radical (unpaired) electrons. The predicted molar refractivity (Wildman–Crippen MR) is 143 cm³/mol. The molecule has 1 aromatic carbocycles. The fourth-order valence-electron chi connectivity index (χ4n) is 6.20. The number of β-amino-alcohol motifs (C(OH)–C–C–N with tert-alkyl or cyclic N) is 1. The van der Waals surface area contributed by atoms with Gasteiger partial charge in [-0.05, 0) is 37.6 Å². The van der Waals surface area contributed by atoms with Crippen molar-refractivity contribution in [2.45, 2.75) is 42.7 Å².